The van der Waals surface area contributed by atoms with Gasteiger partial charge in [0, 0.05) is 32.0 Å². The number of pyridine rings is 1. The van der Waals surface area contributed by atoms with Gasteiger partial charge >= 0.3 is 0 Å². The quantitative estimate of drug-likeness (QED) is 0.743. The number of nitrogens with one attached hydrogen (secondary N) is 1. The average Bonchev–Trinajstić information content (AvgIpc) is 2.55. The maximum absolute atomic E-state index is 12.1. The Morgan fingerprint density at radius 1 is 1.04 bits per heavy atom. The van der Waals surface area contributed by atoms with Crippen LogP contribution in [0.2, 0.25) is 0 Å². The van der Waals surface area contributed by atoms with Gasteiger partial charge in [0.1, 0.15) is 0 Å². The molecule has 0 amide bonds. The molecule has 0 unspecified atom stereocenters. The van der Waals surface area contributed by atoms with E-state index in [4.69, 9.17) is 0 Å². The molecule has 1 N–H and O–H groups in total. The molecule has 1 aromatic carbocycles. The van der Waals surface area contributed by atoms with Crippen LogP contribution in [0.25, 0.3) is 0 Å². The van der Waals surface area contributed by atoms with Crippen molar-refractivity contribution >= 4 is 20.0 Å². The summed E-state index contributed by atoms with van der Waals surface area (Å²) in [6.07, 6.45) is 4.27. The van der Waals surface area contributed by atoms with E-state index in [1.54, 1.807) is 42.7 Å². The normalized spacial score (nSPS) is 12.4. The van der Waals surface area contributed by atoms with E-state index in [-0.39, 0.29) is 24.5 Å². The number of nitrogens with zero attached hydrogens (tertiary/aromatic N) is 2. The molecule has 2 aromatic rings. The van der Waals surface area contributed by atoms with Crippen molar-refractivity contribution in [3.05, 3.63) is 60.4 Å². The molecule has 0 radical (unpaired) electrons. The van der Waals surface area contributed by atoms with Gasteiger partial charge in [-0.1, -0.05) is 24.3 Å². The smallest absolute Gasteiger partial charge is 0.240 e. The standard InChI is InChI=1S/C15H19N3O4S2/c1-23(19,20)18(13-14-6-5-9-16-12-14)11-10-17-24(21,22)15-7-3-2-4-8-15/h2-9,12,17H,10-11,13H2,1H3. The highest BCUT2D eigenvalue weighted by Crippen LogP contribution is 2.09. The van der Waals surface area contributed by atoms with Gasteiger partial charge in [-0.05, 0) is 23.8 Å². The molecule has 0 fully saturated rings. The van der Waals surface area contributed by atoms with Crippen LogP contribution < -0.4 is 4.72 Å². The molecular formula is C15H19N3O4S2. The van der Waals surface area contributed by atoms with Gasteiger partial charge in [0.2, 0.25) is 20.0 Å². The highest BCUT2D eigenvalue weighted by atomic mass is 32.2. The summed E-state index contributed by atoms with van der Waals surface area (Å²) in [6, 6.07) is 11.4. The third-order valence-electron chi connectivity index (χ3n) is 3.26. The molecule has 0 saturated carbocycles. The van der Waals surface area contributed by atoms with Crippen molar-refractivity contribution < 1.29 is 16.8 Å². The van der Waals surface area contributed by atoms with E-state index in [0.29, 0.717) is 0 Å². The minimum Gasteiger partial charge on any atom is -0.264 e. The Morgan fingerprint density at radius 2 is 1.75 bits per heavy atom. The van der Waals surface area contributed by atoms with Crippen molar-refractivity contribution in [1.82, 2.24) is 14.0 Å². The van der Waals surface area contributed by atoms with Gasteiger partial charge < -0.3 is 0 Å². The molecule has 7 nitrogen and oxygen atoms in total. The monoisotopic (exact) mass is 369 g/mol. The predicted octanol–water partition coefficient (Wildman–Crippen LogP) is 0.822. The first-order valence-electron chi connectivity index (χ1n) is 7.18. The van der Waals surface area contributed by atoms with Gasteiger partial charge in [0.15, 0.2) is 0 Å². The summed E-state index contributed by atoms with van der Waals surface area (Å²) in [7, 11) is -7.13. The first-order chi connectivity index (χ1) is 11.3. The summed E-state index contributed by atoms with van der Waals surface area (Å²) in [5, 5.41) is 0. The van der Waals surface area contributed by atoms with E-state index in [0.717, 1.165) is 11.8 Å². The maximum atomic E-state index is 12.1. The zero-order valence-corrected chi connectivity index (χ0v) is 14.8. The highest BCUT2D eigenvalue weighted by Gasteiger charge is 2.19. The van der Waals surface area contributed by atoms with Crippen molar-refractivity contribution in [2.45, 2.75) is 11.4 Å². The number of benzene rings is 1. The van der Waals surface area contributed by atoms with Crippen molar-refractivity contribution in [2.75, 3.05) is 19.3 Å². The van der Waals surface area contributed by atoms with Crippen LogP contribution in [0.15, 0.2) is 59.8 Å². The van der Waals surface area contributed by atoms with Crippen LogP contribution in [0.1, 0.15) is 5.56 Å². The largest absolute Gasteiger partial charge is 0.264 e. The number of hydrogen-bond acceptors (Lipinski definition) is 5. The second kappa shape index (κ2) is 7.84. The molecule has 2 rings (SSSR count). The van der Waals surface area contributed by atoms with E-state index in [9.17, 15) is 16.8 Å². The first kappa shape index (κ1) is 18.5. The van der Waals surface area contributed by atoms with Gasteiger partial charge in [-0.2, -0.15) is 4.31 Å². The Labute approximate surface area is 142 Å². The molecule has 0 atom stereocenters. The second-order valence-electron chi connectivity index (χ2n) is 5.17. The predicted molar refractivity (Wildman–Crippen MR) is 91.1 cm³/mol. The van der Waals surface area contributed by atoms with Gasteiger partial charge in [-0.3, -0.25) is 4.98 Å². The van der Waals surface area contributed by atoms with Gasteiger partial charge in [0.05, 0.1) is 11.2 Å². The summed E-state index contributed by atoms with van der Waals surface area (Å²) in [5.41, 5.74) is 0.730. The Bertz CT molecular complexity index is 854. The molecule has 0 aliphatic carbocycles. The third-order valence-corrected chi connectivity index (χ3v) is 5.98. The number of aromatic nitrogens is 1. The van der Waals surface area contributed by atoms with Crippen molar-refractivity contribution in [3.8, 4) is 0 Å². The van der Waals surface area contributed by atoms with Crippen LogP contribution in [0.3, 0.4) is 0 Å². The minimum atomic E-state index is -3.66. The van der Waals surface area contributed by atoms with Gasteiger partial charge in [-0.15, -0.1) is 0 Å². The number of rotatable bonds is 8. The van der Waals surface area contributed by atoms with Crippen LogP contribution >= 0.6 is 0 Å². The van der Waals surface area contributed by atoms with E-state index in [1.807, 2.05) is 0 Å². The molecule has 1 heterocycles. The van der Waals surface area contributed by atoms with Gasteiger partial charge in [-0.25, -0.2) is 21.6 Å². The van der Waals surface area contributed by atoms with Crippen LogP contribution in [-0.4, -0.2) is 45.5 Å². The zero-order valence-electron chi connectivity index (χ0n) is 13.2. The summed E-state index contributed by atoms with van der Waals surface area (Å²) < 4.78 is 51.7. The second-order valence-corrected chi connectivity index (χ2v) is 8.92. The molecule has 0 aliphatic heterocycles. The van der Waals surface area contributed by atoms with E-state index < -0.39 is 20.0 Å². The summed E-state index contributed by atoms with van der Waals surface area (Å²) in [5.74, 6) is 0. The van der Waals surface area contributed by atoms with E-state index in [1.165, 1.54) is 16.4 Å². The minimum absolute atomic E-state index is 0.0233. The maximum Gasteiger partial charge on any atom is 0.240 e. The lowest BCUT2D eigenvalue weighted by atomic mass is 10.3. The summed E-state index contributed by atoms with van der Waals surface area (Å²) in [4.78, 5) is 4.09. The van der Waals surface area contributed by atoms with Crippen molar-refractivity contribution in [3.63, 3.8) is 0 Å². The molecule has 9 heteroatoms. The Kier molecular flexibility index (Phi) is 6.05. The third kappa shape index (κ3) is 5.38. The highest BCUT2D eigenvalue weighted by molar-refractivity contribution is 7.89. The molecule has 0 saturated heterocycles. The van der Waals surface area contributed by atoms with Gasteiger partial charge in [0.25, 0.3) is 0 Å². The molecule has 130 valence electrons. The molecule has 0 spiro atoms. The molecule has 24 heavy (non-hydrogen) atoms. The fraction of sp³-hybridized carbons (Fsp3) is 0.267. The number of sulfonamides is 2. The summed E-state index contributed by atoms with van der Waals surface area (Å²) in [6.45, 7) is 0.143. The van der Waals surface area contributed by atoms with Crippen molar-refractivity contribution in [1.29, 1.82) is 0 Å². The lowest BCUT2D eigenvalue weighted by Gasteiger charge is -2.20. The fourth-order valence-electron chi connectivity index (χ4n) is 2.05. The lowest BCUT2D eigenvalue weighted by molar-refractivity contribution is 0.412. The number of hydrogen-bond donors (Lipinski definition) is 1. The molecule has 0 aliphatic rings. The van der Waals surface area contributed by atoms with Crippen LogP contribution in [0.5, 0.6) is 0 Å². The van der Waals surface area contributed by atoms with E-state index in [2.05, 4.69) is 9.71 Å². The first-order valence-corrected chi connectivity index (χ1v) is 10.5. The SMILES string of the molecule is CS(=O)(=O)N(CCNS(=O)(=O)c1ccccc1)Cc1cccnc1. The Balaban J connectivity index is 2.01. The zero-order chi connectivity index (χ0) is 17.6. The fourth-order valence-corrected chi connectivity index (χ4v) is 3.89. The lowest BCUT2D eigenvalue weighted by Crippen LogP contribution is -2.37. The van der Waals surface area contributed by atoms with Crippen LogP contribution in [-0.2, 0) is 26.6 Å². The van der Waals surface area contributed by atoms with Crippen LogP contribution in [0.4, 0.5) is 0 Å². The average molecular weight is 369 g/mol. The summed E-state index contributed by atoms with van der Waals surface area (Å²) >= 11 is 0. The molecular weight excluding hydrogens is 350 g/mol. The Morgan fingerprint density at radius 3 is 2.33 bits per heavy atom. The topological polar surface area (TPSA) is 96.4 Å². The molecule has 0 bridgehead atoms. The molecule has 1 aromatic heterocycles. The van der Waals surface area contributed by atoms with Crippen LogP contribution in [0, 0.1) is 0 Å². The van der Waals surface area contributed by atoms with E-state index >= 15 is 0 Å². The van der Waals surface area contributed by atoms with Crippen molar-refractivity contribution in [2.24, 2.45) is 0 Å². The Hall–Kier alpha value is -1.81.